The Morgan fingerprint density at radius 1 is 1.05 bits per heavy atom. The lowest BCUT2D eigenvalue weighted by Crippen LogP contribution is -2.14. The van der Waals surface area contributed by atoms with Crippen molar-refractivity contribution in [2.45, 2.75) is 6.18 Å². The first-order valence-corrected chi connectivity index (χ1v) is 5.82. The van der Waals surface area contributed by atoms with Crippen molar-refractivity contribution in [1.82, 2.24) is 0 Å². The molecule has 0 unspecified atom stereocenters. The van der Waals surface area contributed by atoms with Crippen LogP contribution in [0.25, 0.3) is 0 Å². The summed E-state index contributed by atoms with van der Waals surface area (Å²) in [6.45, 7) is 0. The van der Waals surface area contributed by atoms with E-state index < -0.39 is 17.6 Å². The minimum atomic E-state index is -4.57. The molecule has 4 nitrogen and oxygen atoms in total. The molecular formula is C14H11F3N2O2. The maximum atomic E-state index is 12.6. The number of halogens is 3. The summed E-state index contributed by atoms with van der Waals surface area (Å²) >= 11 is 0. The molecule has 110 valence electrons. The number of hydrogen-bond acceptors (Lipinski definition) is 3. The van der Waals surface area contributed by atoms with E-state index in [4.69, 9.17) is 16.2 Å². The Labute approximate surface area is 118 Å². The van der Waals surface area contributed by atoms with Crippen LogP contribution in [0.1, 0.15) is 15.9 Å². The van der Waals surface area contributed by atoms with Crippen LogP contribution in [0.5, 0.6) is 11.5 Å². The molecule has 0 bridgehead atoms. The molecule has 0 aliphatic rings. The van der Waals surface area contributed by atoms with Crippen LogP contribution in [0, 0.1) is 0 Å². The normalized spacial score (nSPS) is 11.2. The smallest absolute Gasteiger partial charge is 0.416 e. The molecule has 0 radical (unpaired) electrons. The monoisotopic (exact) mass is 296 g/mol. The number of nitrogens with two attached hydrogens (primary N) is 2. The van der Waals surface area contributed by atoms with Crippen LogP contribution in [0.15, 0.2) is 42.5 Å². The third-order valence-electron chi connectivity index (χ3n) is 2.68. The minimum Gasteiger partial charge on any atom is -0.457 e. The van der Waals surface area contributed by atoms with Crippen LogP contribution < -0.4 is 16.2 Å². The van der Waals surface area contributed by atoms with Gasteiger partial charge in [0.15, 0.2) is 0 Å². The molecule has 1 amide bonds. The number of anilines is 1. The number of benzene rings is 2. The highest BCUT2D eigenvalue weighted by atomic mass is 19.4. The van der Waals surface area contributed by atoms with Crippen molar-refractivity contribution >= 4 is 11.6 Å². The quantitative estimate of drug-likeness (QED) is 0.854. The van der Waals surface area contributed by atoms with Gasteiger partial charge in [-0.2, -0.15) is 13.2 Å². The number of ether oxygens (including phenoxy) is 1. The largest absolute Gasteiger partial charge is 0.457 e. The third-order valence-corrected chi connectivity index (χ3v) is 2.68. The van der Waals surface area contributed by atoms with Crippen LogP contribution in [-0.2, 0) is 6.18 Å². The van der Waals surface area contributed by atoms with Crippen LogP contribution in [0.2, 0.25) is 0 Å². The number of primary amides is 1. The Hall–Kier alpha value is -2.70. The average Bonchev–Trinajstić information content (AvgIpc) is 2.40. The highest BCUT2D eigenvalue weighted by Gasteiger charge is 2.31. The Morgan fingerprint density at radius 2 is 1.67 bits per heavy atom. The maximum Gasteiger partial charge on any atom is 0.416 e. The molecule has 0 atom stereocenters. The van der Waals surface area contributed by atoms with Gasteiger partial charge in [-0.3, -0.25) is 4.79 Å². The van der Waals surface area contributed by atoms with Crippen molar-refractivity contribution < 1.29 is 22.7 Å². The maximum absolute atomic E-state index is 12.6. The molecule has 2 rings (SSSR count). The van der Waals surface area contributed by atoms with Crippen LogP contribution in [0.3, 0.4) is 0 Å². The molecule has 2 aromatic rings. The first-order chi connectivity index (χ1) is 9.77. The standard InChI is InChI=1S/C14H11F3N2O2/c15-14(16,17)8-1-6-12(11(7-8)13(19)20)21-10-4-2-9(18)3-5-10/h1-7H,18H2,(H2,19,20). The van der Waals surface area contributed by atoms with Crippen molar-refractivity contribution in [1.29, 1.82) is 0 Å². The molecular weight excluding hydrogens is 285 g/mol. The number of rotatable bonds is 3. The van der Waals surface area contributed by atoms with Gasteiger partial charge in [0.1, 0.15) is 11.5 Å². The van der Waals surface area contributed by atoms with E-state index in [-0.39, 0.29) is 11.3 Å². The van der Waals surface area contributed by atoms with Gasteiger partial charge in [-0.15, -0.1) is 0 Å². The molecule has 7 heteroatoms. The first-order valence-electron chi connectivity index (χ1n) is 5.82. The second kappa shape index (κ2) is 5.35. The summed E-state index contributed by atoms with van der Waals surface area (Å²) in [6, 6.07) is 8.70. The van der Waals surface area contributed by atoms with Gasteiger partial charge in [0.25, 0.3) is 5.91 Å². The van der Waals surface area contributed by atoms with Crippen molar-refractivity contribution in [3.63, 3.8) is 0 Å². The Morgan fingerprint density at radius 3 is 2.19 bits per heavy atom. The lowest BCUT2D eigenvalue weighted by molar-refractivity contribution is -0.137. The van der Waals surface area contributed by atoms with E-state index in [1.54, 1.807) is 12.1 Å². The average molecular weight is 296 g/mol. The van der Waals surface area contributed by atoms with E-state index in [2.05, 4.69) is 0 Å². The van der Waals surface area contributed by atoms with Crippen molar-refractivity contribution in [2.75, 3.05) is 5.73 Å². The molecule has 4 N–H and O–H groups in total. The number of amides is 1. The van der Waals surface area contributed by atoms with Crippen LogP contribution >= 0.6 is 0 Å². The molecule has 0 aliphatic heterocycles. The zero-order valence-electron chi connectivity index (χ0n) is 10.6. The van der Waals surface area contributed by atoms with Crippen molar-refractivity contribution in [3.05, 3.63) is 53.6 Å². The topological polar surface area (TPSA) is 78.3 Å². The number of carbonyl (C=O) groups excluding carboxylic acids is 1. The molecule has 0 aromatic heterocycles. The van der Waals surface area contributed by atoms with E-state index in [1.807, 2.05) is 0 Å². The molecule has 0 saturated heterocycles. The fourth-order valence-corrected chi connectivity index (χ4v) is 1.65. The van der Waals surface area contributed by atoms with E-state index in [0.717, 1.165) is 12.1 Å². The number of nitrogen functional groups attached to an aromatic ring is 1. The van der Waals surface area contributed by atoms with Gasteiger partial charge in [-0.05, 0) is 42.5 Å². The predicted octanol–water partition coefficient (Wildman–Crippen LogP) is 3.18. The lowest BCUT2D eigenvalue weighted by Gasteiger charge is -2.12. The van der Waals surface area contributed by atoms with Crippen molar-refractivity contribution in [3.8, 4) is 11.5 Å². The Balaban J connectivity index is 2.39. The molecule has 0 aliphatic carbocycles. The molecule has 0 heterocycles. The minimum absolute atomic E-state index is 0.0553. The molecule has 21 heavy (non-hydrogen) atoms. The van der Waals surface area contributed by atoms with Gasteiger partial charge >= 0.3 is 6.18 Å². The van der Waals surface area contributed by atoms with Crippen LogP contribution in [0.4, 0.5) is 18.9 Å². The highest BCUT2D eigenvalue weighted by molar-refractivity contribution is 5.96. The van der Waals surface area contributed by atoms with E-state index in [1.165, 1.54) is 12.1 Å². The summed E-state index contributed by atoms with van der Waals surface area (Å²) in [4.78, 5) is 11.3. The third kappa shape index (κ3) is 3.44. The Kier molecular flexibility index (Phi) is 3.75. The SMILES string of the molecule is NC(=O)c1cc(C(F)(F)F)ccc1Oc1ccc(N)cc1. The van der Waals surface area contributed by atoms with Gasteiger partial charge in [-0.1, -0.05) is 0 Å². The fraction of sp³-hybridized carbons (Fsp3) is 0.0714. The molecule has 2 aromatic carbocycles. The summed E-state index contributed by atoms with van der Waals surface area (Å²) < 4.78 is 43.3. The predicted molar refractivity (Wildman–Crippen MR) is 70.9 cm³/mol. The summed E-state index contributed by atoms with van der Waals surface area (Å²) in [5, 5.41) is 0. The molecule has 0 spiro atoms. The number of carbonyl (C=O) groups is 1. The summed E-state index contributed by atoms with van der Waals surface area (Å²) in [5.74, 6) is -0.738. The lowest BCUT2D eigenvalue weighted by atomic mass is 10.1. The first kappa shape index (κ1) is 14.7. The van der Waals surface area contributed by atoms with Gasteiger partial charge in [0.05, 0.1) is 11.1 Å². The van der Waals surface area contributed by atoms with Crippen molar-refractivity contribution in [2.24, 2.45) is 5.73 Å². The molecule has 0 fully saturated rings. The highest BCUT2D eigenvalue weighted by Crippen LogP contribution is 2.34. The van der Waals surface area contributed by atoms with Gasteiger partial charge in [0.2, 0.25) is 0 Å². The fourth-order valence-electron chi connectivity index (χ4n) is 1.65. The second-order valence-electron chi connectivity index (χ2n) is 4.24. The number of alkyl halides is 3. The summed E-state index contributed by atoms with van der Waals surface area (Å²) in [5.41, 5.74) is 9.80. The number of hydrogen-bond donors (Lipinski definition) is 2. The summed E-state index contributed by atoms with van der Waals surface area (Å²) in [7, 11) is 0. The molecule has 0 saturated carbocycles. The van der Waals surface area contributed by atoms with Gasteiger partial charge in [0, 0.05) is 5.69 Å². The van der Waals surface area contributed by atoms with E-state index in [9.17, 15) is 18.0 Å². The second-order valence-corrected chi connectivity index (χ2v) is 4.24. The van der Waals surface area contributed by atoms with E-state index in [0.29, 0.717) is 17.5 Å². The zero-order chi connectivity index (χ0) is 15.6. The Bertz CT molecular complexity index is 667. The van der Waals surface area contributed by atoms with Crippen LogP contribution in [-0.4, -0.2) is 5.91 Å². The van der Waals surface area contributed by atoms with Gasteiger partial charge < -0.3 is 16.2 Å². The summed E-state index contributed by atoms with van der Waals surface area (Å²) in [6.07, 6.45) is -4.57. The van der Waals surface area contributed by atoms with Gasteiger partial charge in [-0.25, -0.2) is 0 Å². The van der Waals surface area contributed by atoms with E-state index >= 15 is 0 Å². The zero-order valence-corrected chi connectivity index (χ0v) is 10.6.